The van der Waals surface area contributed by atoms with E-state index < -0.39 is 0 Å². The Balaban J connectivity index is 2.04. The molecule has 0 radical (unpaired) electrons. The van der Waals surface area contributed by atoms with Gasteiger partial charge in [-0.25, -0.2) is 0 Å². The van der Waals surface area contributed by atoms with Crippen LogP contribution in [0.3, 0.4) is 0 Å². The average Bonchev–Trinajstić information content (AvgIpc) is 2.67. The summed E-state index contributed by atoms with van der Waals surface area (Å²) in [4.78, 5) is 0. The molecule has 1 aliphatic rings. The quantitative estimate of drug-likeness (QED) is 0.743. The number of benzene rings is 1. The number of hydrogen-bond donors (Lipinski definition) is 1. The van der Waals surface area contributed by atoms with E-state index in [1.807, 2.05) is 6.07 Å². The molecule has 2 heteroatoms. The standard InChI is InChI=1S/C11H15NO/c12-7-11-6-10(8-13-11)9-4-2-1-3-5-9/h1-5,10-11H,6-8,12H2. The summed E-state index contributed by atoms with van der Waals surface area (Å²) in [5.41, 5.74) is 6.92. The Morgan fingerprint density at radius 2 is 2.08 bits per heavy atom. The van der Waals surface area contributed by atoms with E-state index in [2.05, 4.69) is 24.3 Å². The molecule has 1 aromatic carbocycles. The van der Waals surface area contributed by atoms with Gasteiger partial charge in [0.05, 0.1) is 12.7 Å². The maximum Gasteiger partial charge on any atom is 0.0704 e. The molecule has 2 N–H and O–H groups in total. The third-order valence-corrected chi connectivity index (χ3v) is 2.61. The van der Waals surface area contributed by atoms with Crippen molar-refractivity contribution in [3.05, 3.63) is 35.9 Å². The molecular formula is C11H15NO. The first-order chi connectivity index (χ1) is 6.40. The lowest BCUT2D eigenvalue weighted by atomic mass is 9.96. The summed E-state index contributed by atoms with van der Waals surface area (Å²) >= 11 is 0. The Hall–Kier alpha value is -0.860. The summed E-state index contributed by atoms with van der Waals surface area (Å²) in [7, 11) is 0. The van der Waals surface area contributed by atoms with Crippen molar-refractivity contribution in [3.63, 3.8) is 0 Å². The van der Waals surface area contributed by atoms with Crippen LogP contribution in [0.15, 0.2) is 30.3 Å². The maximum absolute atomic E-state index is 5.55. The van der Waals surface area contributed by atoms with Crippen molar-refractivity contribution in [3.8, 4) is 0 Å². The van der Waals surface area contributed by atoms with Crippen LogP contribution >= 0.6 is 0 Å². The van der Waals surface area contributed by atoms with Gasteiger partial charge >= 0.3 is 0 Å². The molecule has 0 saturated carbocycles. The molecule has 2 rings (SSSR count). The highest BCUT2D eigenvalue weighted by molar-refractivity contribution is 5.20. The predicted octanol–water partition coefficient (Wildman–Crippen LogP) is 1.52. The zero-order valence-electron chi connectivity index (χ0n) is 7.65. The minimum absolute atomic E-state index is 0.269. The molecule has 70 valence electrons. The van der Waals surface area contributed by atoms with Crippen molar-refractivity contribution >= 4 is 0 Å². The van der Waals surface area contributed by atoms with Crippen LogP contribution in [0.5, 0.6) is 0 Å². The Morgan fingerprint density at radius 1 is 1.31 bits per heavy atom. The van der Waals surface area contributed by atoms with Crippen LogP contribution in [0, 0.1) is 0 Å². The number of nitrogens with two attached hydrogens (primary N) is 1. The smallest absolute Gasteiger partial charge is 0.0704 e. The van der Waals surface area contributed by atoms with Crippen molar-refractivity contribution < 1.29 is 4.74 Å². The molecule has 0 amide bonds. The van der Waals surface area contributed by atoms with E-state index >= 15 is 0 Å². The SMILES string of the molecule is NCC1CC(c2ccccc2)CO1. The van der Waals surface area contributed by atoms with Crippen LogP contribution in [-0.2, 0) is 4.74 Å². The monoisotopic (exact) mass is 177 g/mol. The summed E-state index contributed by atoms with van der Waals surface area (Å²) in [6, 6.07) is 10.5. The van der Waals surface area contributed by atoms with Gasteiger partial charge in [-0.15, -0.1) is 0 Å². The molecule has 1 heterocycles. The van der Waals surface area contributed by atoms with Crippen molar-refractivity contribution in [2.45, 2.75) is 18.4 Å². The molecule has 2 unspecified atom stereocenters. The van der Waals surface area contributed by atoms with Crippen molar-refractivity contribution in [2.75, 3.05) is 13.2 Å². The molecular weight excluding hydrogens is 162 g/mol. The number of rotatable bonds is 2. The third kappa shape index (κ3) is 1.90. The van der Waals surface area contributed by atoms with Crippen LogP contribution in [-0.4, -0.2) is 19.3 Å². The highest BCUT2D eigenvalue weighted by Crippen LogP contribution is 2.28. The van der Waals surface area contributed by atoms with E-state index in [4.69, 9.17) is 10.5 Å². The third-order valence-electron chi connectivity index (χ3n) is 2.61. The topological polar surface area (TPSA) is 35.2 Å². The van der Waals surface area contributed by atoms with Crippen molar-refractivity contribution in [2.24, 2.45) is 5.73 Å². The fourth-order valence-electron chi connectivity index (χ4n) is 1.83. The average molecular weight is 177 g/mol. The van der Waals surface area contributed by atoms with Crippen LogP contribution in [0.2, 0.25) is 0 Å². The number of ether oxygens (including phenoxy) is 1. The van der Waals surface area contributed by atoms with E-state index in [1.165, 1.54) is 5.56 Å². The highest BCUT2D eigenvalue weighted by atomic mass is 16.5. The molecule has 0 aromatic heterocycles. The fourth-order valence-corrected chi connectivity index (χ4v) is 1.83. The zero-order chi connectivity index (χ0) is 9.10. The molecule has 1 saturated heterocycles. The summed E-state index contributed by atoms with van der Waals surface area (Å²) < 4.78 is 5.54. The largest absolute Gasteiger partial charge is 0.376 e. The molecule has 2 atom stereocenters. The Labute approximate surface area is 78.7 Å². The van der Waals surface area contributed by atoms with Gasteiger partial charge in [0.1, 0.15) is 0 Å². The summed E-state index contributed by atoms with van der Waals surface area (Å²) in [5, 5.41) is 0. The van der Waals surface area contributed by atoms with Gasteiger partial charge in [0.15, 0.2) is 0 Å². The van der Waals surface area contributed by atoms with E-state index in [0.717, 1.165) is 13.0 Å². The molecule has 1 aliphatic heterocycles. The van der Waals surface area contributed by atoms with Crippen LogP contribution in [0.25, 0.3) is 0 Å². The first-order valence-electron chi connectivity index (χ1n) is 4.76. The van der Waals surface area contributed by atoms with Gasteiger partial charge in [-0.1, -0.05) is 30.3 Å². The second-order valence-corrected chi connectivity index (χ2v) is 3.53. The molecule has 0 spiro atoms. The van der Waals surface area contributed by atoms with Crippen LogP contribution in [0.1, 0.15) is 17.9 Å². The first-order valence-corrected chi connectivity index (χ1v) is 4.76. The van der Waals surface area contributed by atoms with Gasteiger partial charge in [-0.2, -0.15) is 0 Å². The van der Waals surface area contributed by atoms with E-state index in [0.29, 0.717) is 12.5 Å². The first kappa shape index (κ1) is 8.73. The lowest BCUT2D eigenvalue weighted by Gasteiger charge is -2.07. The summed E-state index contributed by atoms with van der Waals surface area (Å²) in [5.74, 6) is 0.551. The Morgan fingerprint density at radius 3 is 2.69 bits per heavy atom. The fraction of sp³-hybridized carbons (Fsp3) is 0.455. The van der Waals surface area contributed by atoms with E-state index in [9.17, 15) is 0 Å². The minimum atomic E-state index is 0.269. The molecule has 0 aliphatic carbocycles. The molecule has 1 aromatic rings. The molecule has 1 fully saturated rings. The van der Waals surface area contributed by atoms with Crippen molar-refractivity contribution in [1.82, 2.24) is 0 Å². The summed E-state index contributed by atoms with van der Waals surface area (Å²) in [6.07, 6.45) is 1.34. The maximum atomic E-state index is 5.55. The van der Waals surface area contributed by atoms with Crippen molar-refractivity contribution in [1.29, 1.82) is 0 Å². The molecule has 2 nitrogen and oxygen atoms in total. The number of hydrogen-bond acceptors (Lipinski definition) is 2. The van der Waals surface area contributed by atoms with Gasteiger partial charge < -0.3 is 10.5 Å². The Bertz CT molecular complexity index is 260. The lowest BCUT2D eigenvalue weighted by Crippen LogP contribution is -2.18. The second-order valence-electron chi connectivity index (χ2n) is 3.53. The Kier molecular flexibility index (Phi) is 2.62. The minimum Gasteiger partial charge on any atom is -0.376 e. The van der Waals surface area contributed by atoms with E-state index in [1.54, 1.807) is 0 Å². The second kappa shape index (κ2) is 3.90. The zero-order valence-corrected chi connectivity index (χ0v) is 7.65. The van der Waals surface area contributed by atoms with E-state index in [-0.39, 0.29) is 6.10 Å². The normalized spacial score (nSPS) is 27.8. The van der Waals surface area contributed by atoms with Gasteiger partial charge in [0.2, 0.25) is 0 Å². The van der Waals surface area contributed by atoms with Crippen LogP contribution < -0.4 is 5.73 Å². The molecule has 13 heavy (non-hydrogen) atoms. The predicted molar refractivity (Wildman–Crippen MR) is 52.6 cm³/mol. The van der Waals surface area contributed by atoms with Gasteiger partial charge in [0.25, 0.3) is 0 Å². The molecule has 0 bridgehead atoms. The van der Waals surface area contributed by atoms with Gasteiger partial charge in [-0.05, 0) is 12.0 Å². The van der Waals surface area contributed by atoms with Crippen LogP contribution in [0.4, 0.5) is 0 Å². The highest BCUT2D eigenvalue weighted by Gasteiger charge is 2.25. The van der Waals surface area contributed by atoms with Gasteiger partial charge in [0, 0.05) is 12.5 Å². The lowest BCUT2D eigenvalue weighted by molar-refractivity contribution is 0.116. The van der Waals surface area contributed by atoms with Gasteiger partial charge in [-0.3, -0.25) is 0 Å². The summed E-state index contributed by atoms with van der Waals surface area (Å²) in [6.45, 7) is 1.47.